The highest BCUT2D eigenvalue weighted by Crippen LogP contribution is 2.20. The fraction of sp³-hybridized carbons (Fsp3) is 0.462. The molecule has 7 heteroatoms. The average Bonchev–Trinajstić information content (AvgIpc) is 2.47. The van der Waals surface area contributed by atoms with Gasteiger partial charge in [-0.2, -0.15) is 5.26 Å². The van der Waals surface area contributed by atoms with Crippen molar-refractivity contribution in [3.05, 3.63) is 22.8 Å². The first-order chi connectivity index (χ1) is 9.52. The van der Waals surface area contributed by atoms with Crippen LogP contribution in [0.15, 0.2) is 12.1 Å². The van der Waals surface area contributed by atoms with E-state index in [1.165, 1.54) is 0 Å². The van der Waals surface area contributed by atoms with Crippen molar-refractivity contribution in [2.45, 2.75) is 13.0 Å². The van der Waals surface area contributed by atoms with Crippen LogP contribution in [-0.2, 0) is 4.79 Å². The van der Waals surface area contributed by atoms with E-state index in [0.29, 0.717) is 5.02 Å². The molecule has 0 aromatic carbocycles. The van der Waals surface area contributed by atoms with E-state index in [4.69, 9.17) is 22.6 Å². The minimum absolute atomic E-state index is 0.233. The molecule has 1 aliphatic heterocycles. The zero-order chi connectivity index (χ0) is 14.7. The molecule has 1 saturated heterocycles. The number of carbonyl (C=O) groups is 1. The van der Waals surface area contributed by atoms with Gasteiger partial charge in [0.2, 0.25) is 5.91 Å². The van der Waals surface area contributed by atoms with E-state index in [1.54, 1.807) is 12.1 Å². The molecule has 0 aliphatic carbocycles. The number of pyridine rings is 1. The predicted octanol–water partition coefficient (Wildman–Crippen LogP) is 0.602. The number of hydrogen-bond donors (Lipinski definition) is 1. The van der Waals surface area contributed by atoms with E-state index in [0.717, 1.165) is 32.0 Å². The number of aromatic nitrogens is 1. The van der Waals surface area contributed by atoms with Crippen LogP contribution in [0.4, 0.5) is 5.82 Å². The number of rotatable bonds is 3. The summed E-state index contributed by atoms with van der Waals surface area (Å²) in [6, 6.07) is 5.20. The third kappa shape index (κ3) is 3.00. The number of carbonyl (C=O) groups excluding carboxylic acids is 1. The maximum absolute atomic E-state index is 11.2. The summed E-state index contributed by atoms with van der Waals surface area (Å²) in [4.78, 5) is 19.5. The van der Waals surface area contributed by atoms with Crippen LogP contribution in [0.25, 0.3) is 0 Å². The van der Waals surface area contributed by atoms with E-state index in [2.05, 4.69) is 9.88 Å². The molecule has 0 bridgehead atoms. The maximum Gasteiger partial charge on any atom is 0.234 e. The van der Waals surface area contributed by atoms with Crippen LogP contribution in [0.2, 0.25) is 5.02 Å². The van der Waals surface area contributed by atoms with Crippen LogP contribution in [0.3, 0.4) is 0 Å². The van der Waals surface area contributed by atoms with Gasteiger partial charge in [0.15, 0.2) is 5.69 Å². The Bertz CT molecular complexity index is 548. The number of piperazine rings is 1. The fourth-order valence-electron chi connectivity index (χ4n) is 2.20. The Morgan fingerprint density at radius 3 is 2.65 bits per heavy atom. The number of hydrogen-bond acceptors (Lipinski definition) is 5. The van der Waals surface area contributed by atoms with Crippen LogP contribution in [0, 0.1) is 11.3 Å². The topological polar surface area (TPSA) is 86.3 Å². The molecule has 2 rings (SSSR count). The van der Waals surface area contributed by atoms with Crippen LogP contribution in [0.1, 0.15) is 12.6 Å². The van der Waals surface area contributed by atoms with Crippen molar-refractivity contribution in [1.29, 1.82) is 5.26 Å². The van der Waals surface area contributed by atoms with Crippen molar-refractivity contribution in [3.8, 4) is 6.07 Å². The number of primary amides is 1. The van der Waals surface area contributed by atoms with Crippen molar-refractivity contribution < 1.29 is 4.79 Å². The summed E-state index contributed by atoms with van der Waals surface area (Å²) in [5.74, 6) is 0.423. The Balaban J connectivity index is 2.04. The first-order valence-corrected chi connectivity index (χ1v) is 6.75. The third-order valence-electron chi connectivity index (χ3n) is 3.53. The van der Waals surface area contributed by atoms with Gasteiger partial charge in [-0.3, -0.25) is 9.69 Å². The lowest BCUT2D eigenvalue weighted by molar-refractivity contribution is -0.122. The lowest BCUT2D eigenvalue weighted by atomic mass is 10.2. The van der Waals surface area contributed by atoms with Gasteiger partial charge in [-0.15, -0.1) is 0 Å². The molecule has 1 aliphatic rings. The van der Waals surface area contributed by atoms with Gasteiger partial charge in [0.1, 0.15) is 11.9 Å². The van der Waals surface area contributed by atoms with E-state index >= 15 is 0 Å². The van der Waals surface area contributed by atoms with Gasteiger partial charge in [-0.1, -0.05) is 11.6 Å². The van der Waals surface area contributed by atoms with Gasteiger partial charge in [0.25, 0.3) is 0 Å². The van der Waals surface area contributed by atoms with Crippen molar-refractivity contribution in [1.82, 2.24) is 9.88 Å². The Hall–Kier alpha value is -1.84. The van der Waals surface area contributed by atoms with Crippen LogP contribution < -0.4 is 10.6 Å². The lowest BCUT2D eigenvalue weighted by Crippen LogP contribution is -2.53. The van der Waals surface area contributed by atoms with Gasteiger partial charge < -0.3 is 10.6 Å². The molecule has 1 amide bonds. The summed E-state index contributed by atoms with van der Waals surface area (Å²) in [7, 11) is 0. The molecular weight excluding hydrogens is 278 g/mol. The molecule has 2 N–H and O–H groups in total. The molecule has 1 unspecified atom stereocenters. The smallest absolute Gasteiger partial charge is 0.234 e. The number of nitriles is 1. The van der Waals surface area contributed by atoms with Gasteiger partial charge in [0, 0.05) is 26.2 Å². The highest BCUT2D eigenvalue weighted by Gasteiger charge is 2.24. The summed E-state index contributed by atoms with van der Waals surface area (Å²) in [5.41, 5.74) is 5.54. The van der Waals surface area contributed by atoms with Gasteiger partial charge in [-0.05, 0) is 19.1 Å². The van der Waals surface area contributed by atoms with E-state index in [9.17, 15) is 4.79 Å². The molecule has 2 heterocycles. The van der Waals surface area contributed by atoms with Crippen LogP contribution in [-0.4, -0.2) is 48.0 Å². The zero-order valence-electron chi connectivity index (χ0n) is 11.2. The summed E-state index contributed by atoms with van der Waals surface area (Å²) >= 11 is 5.87. The van der Waals surface area contributed by atoms with Crippen molar-refractivity contribution >= 4 is 23.3 Å². The normalized spacial score (nSPS) is 17.6. The molecule has 106 valence electrons. The number of amides is 1. The number of nitrogens with zero attached hydrogens (tertiary/aromatic N) is 4. The second-order valence-corrected chi connectivity index (χ2v) is 5.12. The first kappa shape index (κ1) is 14.6. The standard InChI is InChI=1S/C13H16ClN5O/c1-9(13(16)20)18-4-6-19(7-5-18)12-3-2-10(14)11(8-15)17-12/h2-3,9H,4-7H2,1H3,(H2,16,20). The Labute approximate surface area is 122 Å². The third-order valence-corrected chi connectivity index (χ3v) is 3.84. The minimum atomic E-state index is -0.310. The highest BCUT2D eigenvalue weighted by molar-refractivity contribution is 6.31. The Morgan fingerprint density at radius 1 is 1.45 bits per heavy atom. The van der Waals surface area contributed by atoms with Crippen molar-refractivity contribution in [2.75, 3.05) is 31.1 Å². The van der Waals surface area contributed by atoms with Crippen LogP contribution in [0.5, 0.6) is 0 Å². The molecule has 0 radical (unpaired) electrons. The second-order valence-electron chi connectivity index (χ2n) is 4.71. The maximum atomic E-state index is 11.2. The monoisotopic (exact) mass is 293 g/mol. The van der Waals surface area contributed by atoms with Gasteiger partial charge in [0.05, 0.1) is 11.1 Å². The SMILES string of the molecule is CC(C(N)=O)N1CCN(c2ccc(Cl)c(C#N)n2)CC1. The summed E-state index contributed by atoms with van der Waals surface area (Å²) in [6.07, 6.45) is 0. The van der Waals surface area contributed by atoms with Gasteiger partial charge in [-0.25, -0.2) is 4.98 Å². The summed E-state index contributed by atoms with van der Waals surface area (Å²) in [5, 5.41) is 9.30. The molecule has 0 saturated carbocycles. The number of anilines is 1. The molecule has 1 atom stereocenters. The number of halogens is 1. The molecule has 0 spiro atoms. The van der Waals surface area contributed by atoms with E-state index in [-0.39, 0.29) is 17.6 Å². The van der Waals surface area contributed by atoms with Crippen molar-refractivity contribution in [3.63, 3.8) is 0 Å². The molecule has 1 aromatic rings. The quantitative estimate of drug-likeness (QED) is 0.882. The Kier molecular flexibility index (Phi) is 4.42. The summed E-state index contributed by atoms with van der Waals surface area (Å²) in [6.45, 7) is 4.74. The molecule has 6 nitrogen and oxygen atoms in total. The number of nitrogens with two attached hydrogens (primary N) is 1. The van der Waals surface area contributed by atoms with E-state index in [1.807, 2.05) is 17.9 Å². The Morgan fingerprint density at radius 2 is 2.10 bits per heavy atom. The minimum Gasteiger partial charge on any atom is -0.368 e. The lowest BCUT2D eigenvalue weighted by Gasteiger charge is -2.37. The van der Waals surface area contributed by atoms with Crippen LogP contribution >= 0.6 is 11.6 Å². The van der Waals surface area contributed by atoms with E-state index < -0.39 is 0 Å². The predicted molar refractivity (Wildman–Crippen MR) is 76.4 cm³/mol. The van der Waals surface area contributed by atoms with Gasteiger partial charge >= 0.3 is 0 Å². The van der Waals surface area contributed by atoms with Crippen molar-refractivity contribution in [2.24, 2.45) is 5.73 Å². The molecular formula is C13H16ClN5O. The zero-order valence-corrected chi connectivity index (χ0v) is 12.0. The highest BCUT2D eigenvalue weighted by atomic mass is 35.5. The molecule has 20 heavy (non-hydrogen) atoms. The molecule has 1 fully saturated rings. The summed E-state index contributed by atoms with van der Waals surface area (Å²) < 4.78 is 0. The molecule has 1 aromatic heterocycles. The largest absolute Gasteiger partial charge is 0.368 e. The second kappa shape index (κ2) is 6.07. The fourth-order valence-corrected chi connectivity index (χ4v) is 2.35. The average molecular weight is 294 g/mol. The first-order valence-electron chi connectivity index (χ1n) is 6.38.